The van der Waals surface area contributed by atoms with Crippen LogP contribution in [0.2, 0.25) is 5.02 Å². The van der Waals surface area contributed by atoms with Crippen LogP contribution in [0, 0.1) is 20.8 Å². The first kappa shape index (κ1) is 21.8. The van der Waals surface area contributed by atoms with Gasteiger partial charge < -0.3 is 9.88 Å². The number of fused-ring (bicyclic) bond motifs is 1. The van der Waals surface area contributed by atoms with E-state index in [1.54, 1.807) is 6.20 Å². The number of hydrogen-bond donors (Lipinski definition) is 1. The van der Waals surface area contributed by atoms with Crippen molar-refractivity contribution >= 4 is 28.3 Å². The standard InChI is InChI=1S/C25H25ClN4O2/c1-16-7-9-19(10-8-16)12-27-23(31)15-30-25(32)24-18(3)29(17(2)22(24)13-28-30)14-20-5-4-6-21(26)11-20/h4-11,13H,12,14-15H2,1-3H3,(H,27,31). The fraction of sp³-hybridized carbons (Fsp3) is 0.240. The molecule has 2 heterocycles. The van der Waals surface area contributed by atoms with Gasteiger partial charge in [0.2, 0.25) is 5.91 Å². The Bertz CT molecular complexity index is 1350. The number of carbonyl (C=O) groups is 1. The lowest BCUT2D eigenvalue weighted by Crippen LogP contribution is -2.33. The second-order valence-electron chi connectivity index (χ2n) is 8.05. The topological polar surface area (TPSA) is 68.9 Å². The highest BCUT2D eigenvalue weighted by Crippen LogP contribution is 2.23. The van der Waals surface area contributed by atoms with Crippen LogP contribution in [0.1, 0.15) is 28.1 Å². The minimum atomic E-state index is -0.265. The molecule has 0 atom stereocenters. The minimum Gasteiger partial charge on any atom is -0.350 e. The number of benzene rings is 2. The molecule has 0 unspecified atom stereocenters. The van der Waals surface area contributed by atoms with Crippen molar-refractivity contribution < 1.29 is 4.79 Å². The third-order valence-corrected chi connectivity index (χ3v) is 5.97. The van der Waals surface area contributed by atoms with Crippen LogP contribution in [-0.2, 0) is 24.4 Å². The minimum absolute atomic E-state index is 0.126. The quantitative estimate of drug-likeness (QED) is 0.482. The van der Waals surface area contributed by atoms with Crippen molar-refractivity contribution in [1.82, 2.24) is 19.7 Å². The number of amides is 1. The molecular formula is C25H25ClN4O2. The van der Waals surface area contributed by atoms with Gasteiger partial charge in [-0.25, -0.2) is 4.68 Å². The SMILES string of the molecule is Cc1ccc(CNC(=O)Cn2ncc3c(C)n(Cc4cccc(Cl)c4)c(C)c3c2=O)cc1. The number of nitrogens with zero attached hydrogens (tertiary/aromatic N) is 3. The number of aryl methyl sites for hydroxylation is 3. The molecule has 0 aliphatic heterocycles. The molecule has 0 saturated carbocycles. The molecule has 4 rings (SSSR count). The van der Waals surface area contributed by atoms with Crippen LogP contribution in [0.15, 0.2) is 59.5 Å². The van der Waals surface area contributed by atoms with Gasteiger partial charge in [0.1, 0.15) is 6.54 Å². The molecule has 164 valence electrons. The Morgan fingerprint density at radius 2 is 1.78 bits per heavy atom. The van der Waals surface area contributed by atoms with E-state index in [1.165, 1.54) is 4.68 Å². The van der Waals surface area contributed by atoms with Crippen molar-refractivity contribution in [2.75, 3.05) is 0 Å². The van der Waals surface area contributed by atoms with Gasteiger partial charge in [0, 0.05) is 34.9 Å². The number of halogens is 1. The van der Waals surface area contributed by atoms with E-state index in [0.717, 1.165) is 33.5 Å². The Morgan fingerprint density at radius 1 is 1.03 bits per heavy atom. The van der Waals surface area contributed by atoms with Gasteiger partial charge >= 0.3 is 0 Å². The highest BCUT2D eigenvalue weighted by molar-refractivity contribution is 6.30. The summed E-state index contributed by atoms with van der Waals surface area (Å²) in [7, 11) is 0. The smallest absolute Gasteiger partial charge is 0.276 e. The van der Waals surface area contributed by atoms with Crippen molar-refractivity contribution in [1.29, 1.82) is 0 Å². The molecule has 32 heavy (non-hydrogen) atoms. The fourth-order valence-corrected chi connectivity index (χ4v) is 4.12. The Morgan fingerprint density at radius 3 is 2.50 bits per heavy atom. The highest BCUT2D eigenvalue weighted by atomic mass is 35.5. The summed E-state index contributed by atoms with van der Waals surface area (Å²) in [4.78, 5) is 25.6. The highest BCUT2D eigenvalue weighted by Gasteiger charge is 2.17. The Kier molecular flexibility index (Phi) is 6.15. The first-order chi connectivity index (χ1) is 15.3. The average molecular weight is 449 g/mol. The second kappa shape index (κ2) is 9.01. The molecule has 0 aliphatic carbocycles. The lowest BCUT2D eigenvalue weighted by molar-refractivity contribution is -0.122. The average Bonchev–Trinajstić information content (AvgIpc) is 3.00. The third-order valence-electron chi connectivity index (χ3n) is 5.74. The lowest BCUT2D eigenvalue weighted by atomic mass is 10.1. The zero-order valence-electron chi connectivity index (χ0n) is 18.4. The van der Waals surface area contributed by atoms with E-state index in [2.05, 4.69) is 15.0 Å². The second-order valence-corrected chi connectivity index (χ2v) is 8.48. The summed E-state index contributed by atoms with van der Waals surface area (Å²) in [5, 5.41) is 9.18. The van der Waals surface area contributed by atoms with Gasteiger partial charge in [0.15, 0.2) is 0 Å². The van der Waals surface area contributed by atoms with Crippen molar-refractivity contribution in [3.8, 4) is 0 Å². The predicted molar refractivity (Wildman–Crippen MR) is 127 cm³/mol. The molecular weight excluding hydrogens is 424 g/mol. The summed E-state index contributed by atoms with van der Waals surface area (Å²) < 4.78 is 3.31. The first-order valence-corrected chi connectivity index (χ1v) is 10.8. The summed E-state index contributed by atoms with van der Waals surface area (Å²) in [5.41, 5.74) is 4.75. The summed E-state index contributed by atoms with van der Waals surface area (Å²) in [6, 6.07) is 15.6. The van der Waals surface area contributed by atoms with Gasteiger partial charge in [-0.2, -0.15) is 5.10 Å². The van der Waals surface area contributed by atoms with Crippen molar-refractivity contribution in [2.45, 2.75) is 40.4 Å². The van der Waals surface area contributed by atoms with Gasteiger partial charge in [-0.3, -0.25) is 9.59 Å². The van der Waals surface area contributed by atoms with E-state index in [-0.39, 0.29) is 18.0 Å². The van der Waals surface area contributed by atoms with Crippen LogP contribution in [0.25, 0.3) is 10.8 Å². The summed E-state index contributed by atoms with van der Waals surface area (Å²) in [6.45, 7) is 6.79. The molecule has 1 amide bonds. The molecule has 1 N–H and O–H groups in total. The Labute approximate surface area is 191 Å². The number of aromatic nitrogens is 3. The van der Waals surface area contributed by atoms with E-state index in [4.69, 9.17) is 11.6 Å². The maximum Gasteiger partial charge on any atom is 0.276 e. The third kappa shape index (κ3) is 4.46. The number of carbonyl (C=O) groups excluding carboxylic acids is 1. The molecule has 6 nitrogen and oxygen atoms in total. The maximum atomic E-state index is 13.2. The van der Waals surface area contributed by atoms with E-state index >= 15 is 0 Å². The van der Waals surface area contributed by atoms with E-state index in [1.807, 2.05) is 69.3 Å². The predicted octanol–water partition coefficient (Wildman–Crippen LogP) is 4.14. The fourth-order valence-electron chi connectivity index (χ4n) is 3.91. The lowest BCUT2D eigenvalue weighted by Gasteiger charge is -2.09. The van der Waals surface area contributed by atoms with Gasteiger partial charge in [-0.15, -0.1) is 0 Å². The number of hydrogen-bond acceptors (Lipinski definition) is 3. The molecule has 0 fully saturated rings. The molecule has 2 aromatic heterocycles. The van der Waals surface area contributed by atoms with Gasteiger partial charge in [0.25, 0.3) is 5.56 Å². The zero-order valence-corrected chi connectivity index (χ0v) is 19.1. The van der Waals surface area contributed by atoms with Crippen LogP contribution in [0.3, 0.4) is 0 Å². The monoisotopic (exact) mass is 448 g/mol. The number of nitrogens with one attached hydrogen (secondary N) is 1. The normalized spacial score (nSPS) is 11.1. The van der Waals surface area contributed by atoms with Crippen molar-refractivity contribution in [3.05, 3.63) is 98.2 Å². The summed E-state index contributed by atoms with van der Waals surface area (Å²) >= 11 is 6.12. The van der Waals surface area contributed by atoms with Crippen LogP contribution >= 0.6 is 11.6 Å². The van der Waals surface area contributed by atoms with E-state index < -0.39 is 0 Å². The Balaban J connectivity index is 1.56. The molecule has 0 radical (unpaired) electrons. The summed E-state index contributed by atoms with van der Waals surface area (Å²) in [5.74, 6) is -0.257. The van der Waals surface area contributed by atoms with Gasteiger partial charge in [-0.05, 0) is 44.0 Å². The molecule has 2 aromatic carbocycles. The van der Waals surface area contributed by atoms with E-state index in [9.17, 15) is 9.59 Å². The molecule has 4 aromatic rings. The van der Waals surface area contributed by atoms with Crippen LogP contribution in [0.5, 0.6) is 0 Å². The molecule has 0 saturated heterocycles. The van der Waals surface area contributed by atoms with Crippen LogP contribution in [-0.4, -0.2) is 20.3 Å². The first-order valence-electron chi connectivity index (χ1n) is 10.5. The molecule has 0 bridgehead atoms. The van der Waals surface area contributed by atoms with Crippen molar-refractivity contribution in [3.63, 3.8) is 0 Å². The van der Waals surface area contributed by atoms with E-state index in [0.29, 0.717) is 23.5 Å². The van der Waals surface area contributed by atoms with Gasteiger partial charge in [0.05, 0.1) is 11.6 Å². The van der Waals surface area contributed by atoms with Crippen molar-refractivity contribution in [2.24, 2.45) is 0 Å². The molecule has 0 spiro atoms. The van der Waals surface area contributed by atoms with Crippen LogP contribution < -0.4 is 10.9 Å². The maximum absolute atomic E-state index is 13.2. The zero-order chi connectivity index (χ0) is 22.8. The number of rotatable bonds is 6. The summed E-state index contributed by atoms with van der Waals surface area (Å²) in [6.07, 6.45) is 1.67. The van der Waals surface area contributed by atoms with Gasteiger partial charge in [-0.1, -0.05) is 53.6 Å². The molecule has 0 aliphatic rings. The largest absolute Gasteiger partial charge is 0.350 e. The Hall–Kier alpha value is -3.38. The van der Waals surface area contributed by atoms with Crippen LogP contribution in [0.4, 0.5) is 0 Å². The molecule has 7 heteroatoms.